The number of carbonyl (C=O) groups excluding carboxylic acids is 1. The van der Waals surface area contributed by atoms with Crippen molar-refractivity contribution in [2.75, 3.05) is 6.79 Å². The Bertz CT molecular complexity index is 562. The Morgan fingerprint density at radius 1 is 1.08 bits per heavy atom. The van der Waals surface area contributed by atoms with E-state index in [2.05, 4.69) is 13.0 Å². The van der Waals surface area contributed by atoms with Gasteiger partial charge in [0.2, 0.25) is 0 Å². The number of ether oxygens (including phenoxy) is 2. The zero-order chi connectivity index (χ0) is 17.0. The van der Waals surface area contributed by atoms with E-state index in [0.29, 0.717) is 12.0 Å². The van der Waals surface area contributed by atoms with Crippen LogP contribution in [0.15, 0.2) is 11.6 Å². The van der Waals surface area contributed by atoms with Crippen molar-refractivity contribution in [1.82, 2.24) is 0 Å². The van der Waals surface area contributed by atoms with Crippen LogP contribution in [0.1, 0.15) is 64.7 Å². The molecule has 0 aromatic rings. The summed E-state index contributed by atoms with van der Waals surface area (Å²) in [5.74, 6) is 4.77. The van der Waals surface area contributed by atoms with Crippen LogP contribution in [-0.4, -0.2) is 18.9 Å². The standard InChI is InChI=1S/C22H32O3/c1-13-7-15-10-18(13)20-9-14-8-16(21(15)20)11-19(14)22(23)25-12-24-17-5-3-2-4-6-17/h7,13-14,16-21H,2-6,8-12H2,1H3. The topological polar surface area (TPSA) is 35.5 Å². The average Bonchev–Trinajstić information content (AvgIpc) is 3.27. The van der Waals surface area contributed by atoms with Crippen molar-refractivity contribution in [2.45, 2.75) is 70.8 Å². The normalized spacial score (nSPS) is 45.3. The molecule has 0 amide bonds. The largest absolute Gasteiger partial charge is 0.438 e. The molecule has 4 bridgehead atoms. The molecule has 7 unspecified atom stereocenters. The maximum atomic E-state index is 12.7. The fraction of sp³-hybridized carbons (Fsp3) is 0.864. The van der Waals surface area contributed by atoms with Gasteiger partial charge < -0.3 is 9.47 Å². The lowest BCUT2D eigenvalue weighted by Gasteiger charge is -2.38. The minimum atomic E-state index is 0.0256. The van der Waals surface area contributed by atoms with E-state index in [4.69, 9.17) is 9.47 Å². The molecule has 5 rings (SSSR count). The van der Waals surface area contributed by atoms with Crippen LogP contribution in [0.3, 0.4) is 0 Å². The minimum absolute atomic E-state index is 0.0256. The molecule has 4 saturated carbocycles. The monoisotopic (exact) mass is 344 g/mol. The van der Waals surface area contributed by atoms with E-state index in [0.717, 1.165) is 48.9 Å². The molecule has 0 N–H and O–H groups in total. The highest BCUT2D eigenvalue weighted by Crippen LogP contribution is 2.64. The van der Waals surface area contributed by atoms with Crippen molar-refractivity contribution < 1.29 is 14.3 Å². The number of allylic oxidation sites excluding steroid dienone is 2. The molecule has 4 fully saturated rings. The zero-order valence-electron chi connectivity index (χ0n) is 15.5. The summed E-state index contributed by atoms with van der Waals surface area (Å²) in [5.41, 5.74) is 1.74. The van der Waals surface area contributed by atoms with Crippen LogP contribution in [0.25, 0.3) is 0 Å². The van der Waals surface area contributed by atoms with Crippen LogP contribution < -0.4 is 0 Å². The molecule has 138 valence electrons. The van der Waals surface area contributed by atoms with Gasteiger partial charge in [-0.05, 0) is 74.0 Å². The molecule has 0 saturated heterocycles. The van der Waals surface area contributed by atoms with Gasteiger partial charge in [0.05, 0.1) is 12.0 Å². The SMILES string of the molecule is CC1C=C2CC1C1CC3CC(CC3C(=O)OCOC3CCCCC3)C21. The van der Waals surface area contributed by atoms with Crippen molar-refractivity contribution in [3.05, 3.63) is 11.6 Å². The smallest absolute Gasteiger partial charge is 0.311 e. The van der Waals surface area contributed by atoms with Gasteiger partial charge in [0.25, 0.3) is 0 Å². The summed E-state index contributed by atoms with van der Waals surface area (Å²) in [7, 11) is 0. The quantitative estimate of drug-likeness (QED) is 0.421. The molecule has 0 aromatic carbocycles. The fourth-order valence-corrected chi connectivity index (χ4v) is 7.18. The molecule has 0 heterocycles. The average molecular weight is 344 g/mol. The molecule has 5 aliphatic rings. The molecule has 3 nitrogen and oxygen atoms in total. The van der Waals surface area contributed by atoms with Crippen LogP contribution in [0.4, 0.5) is 0 Å². The summed E-state index contributed by atoms with van der Waals surface area (Å²) < 4.78 is 11.4. The highest BCUT2D eigenvalue weighted by molar-refractivity contribution is 5.73. The third-order valence-electron chi connectivity index (χ3n) is 8.24. The Balaban J connectivity index is 1.17. The van der Waals surface area contributed by atoms with Crippen molar-refractivity contribution >= 4 is 5.97 Å². The van der Waals surface area contributed by atoms with Crippen molar-refractivity contribution in [3.63, 3.8) is 0 Å². The number of rotatable bonds is 4. The van der Waals surface area contributed by atoms with Crippen LogP contribution >= 0.6 is 0 Å². The van der Waals surface area contributed by atoms with Gasteiger partial charge in [-0.25, -0.2) is 0 Å². The van der Waals surface area contributed by atoms with Gasteiger partial charge in [0.15, 0.2) is 6.79 Å². The Labute approximate surface area is 151 Å². The van der Waals surface area contributed by atoms with Gasteiger partial charge in [-0.15, -0.1) is 0 Å². The van der Waals surface area contributed by atoms with Crippen LogP contribution in [0, 0.1) is 41.4 Å². The lowest BCUT2D eigenvalue weighted by atomic mass is 9.66. The molecule has 7 atom stereocenters. The molecular formula is C22H32O3. The number of carbonyl (C=O) groups is 1. The number of esters is 1. The highest BCUT2D eigenvalue weighted by Gasteiger charge is 2.57. The van der Waals surface area contributed by atoms with E-state index >= 15 is 0 Å². The molecule has 5 aliphatic carbocycles. The van der Waals surface area contributed by atoms with Crippen LogP contribution in [-0.2, 0) is 14.3 Å². The summed E-state index contributed by atoms with van der Waals surface area (Å²) in [6.45, 7) is 2.56. The number of hydrogen-bond donors (Lipinski definition) is 0. The second-order valence-corrected chi connectivity index (χ2v) is 9.50. The second-order valence-electron chi connectivity index (χ2n) is 9.50. The van der Waals surface area contributed by atoms with E-state index in [-0.39, 0.29) is 18.7 Å². The van der Waals surface area contributed by atoms with Crippen LogP contribution in [0.2, 0.25) is 0 Å². The summed E-state index contributed by atoms with van der Waals surface area (Å²) >= 11 is 0. The van der Waals surface area contributed by atoms with Crippen LogP contribution in [0.5, 0.6) is 0 Å². The summed E-state index contributed by atoms with van der Waals surface area (Å²) in [6, 6.07) is 0. The molecule has 0 aliphatic heterocycles. The van der Waals surface area contributed by atoms with Crippen molar-refractivity contribution in [2.24, 2.45) is 41.4 Å². The third-order valence-corrected chi connectivity index (χ3v) is 8.24. The van der Waals surface area contributed by atoms with Gasteiger partial charge in [0, 0.05) is 0 Å². The van der Waals surface area contributed by atoms with E-state index in [9.17, 15) is 4.79 Å². The molecular weight excluding hydrogens is 312 g/mol. The maximum Gasteiger partial charge on any atom is 0.311 e. The Kier molecular flexibility index (Phi) is 4.19. The molecule has 0 radical (unpaired) electrons. The second kappa shape index (κ2) is 6.40. The van der Waals surface area contributed by atoms with Gasteiger partial charge in [-0.3, -0.25) is 4.79 Å². The highest BCUT2D eigenvalue weighted by atomic mass is 16.7. The summed E-state index contributed by atoms with van der Waals surface area (Å²) in [5, 5.41) is 0. The predicted octanol–water partition coefficient (Wildman–Crippen LogP) is 4.71. The lowest BCUT2D eigenvalue weighted by Crippen LogP contribution is -2.32. The molecule has 25 heavy (non-hydrogen) atoms. The minimum Gasteiger partial charge on any atom is -0.438 e. The van der Waals surface area contributed by atoms with Gasteiger partial charge in [-0.1, -0.05) is 37.8 Å². The Hall–Kier alpha value is -0.830. The summed E-state index contributed by atoms with van der Waals surface area (Å²) in [6.07, 6.45) is 13.9. The lowest BCUT2D eigenvalue weighted by molar-refractivity contribution is -0.168. The van der Waals surface area contributed by atoms with Gasteiger partial charge >= 0.3 is 5.97 Å². The van der Waals surface area contributed by atoms with E-state index in [1.54, 1.807) is 5.57 Å². The predicted molar refractivity (Wildman–Crippen MR) is 95.6 cm³/mol. The van der Waals surface area contributed by atoms with E-state index in [1.807, 2.05) is 0 Å². The van der Waals surface area contributed by atoms with E-state index < -0.39 is 0 Å². The third kappa shape index (κ3) is 2.78. The zero-order valence-corrected chi connectivity index (χ0v) is 15.5. The first-order chi connectivity index (χ1) is 12.2. The van der Waals surface area contributed by atoms with Gasteiger partial charge in [0.1, 0.15) is 0 Å². The first kappa shape index (κ1) is 16.4. The maximum absolute atomic E-state index is 12.7. The Morgan fingerprint density at radius 2 is 1.92 bits per heavy atom. The van der Waals surface area contributed by atoms with Gasteiger partial charge in [-0.2, -0.15) is 0 Å². The van der Waals surface area contributed by atoms with E-state index in [1.165, 1.54) is 38.5 Å². The fourth-order valence-electron chi connectivity index (χ4n) is 7.18. The molecule has 0 spiro atoms. The summed E-state index contributed by atoms with van der Waals surface area (Å²) in [4.78, 5) is 12.7. The number of hydrogen-bond acceptors (Lipinski definition) is 3. The number of fused-ring (bicyclic) bond motifs is 8. The first-order valence-electron chi connectivity index (χ1n) is 10.7. The molecule has 3 heteroatoms. The molecule has 0 aromatic heterocycles. The van der Waals surface area contributed by atoms with Crippen molar-refractivity contribution in [3.8, 4) is 0 Å². The van der Waals surface area contributed by atoms with Crippen molar-refractivity contribution in [1.29, 1.82) is 0 Å². The Morgan fingerprint density at radius 3 is 2.76 bits per heavy atom. The first-order valence-corrected chi connectivity index (χ1v) is 10.7.